The van der Waals surface area contributed by atoms with Gasteiger partial charge in [-0.1, -0.05) is 39.8 Å². The number of hydrogen-bond donors (Lipinski definition) is 1. The van der Waals surface area contributed by atoms with Crippen LogP contribution < -0.4 is 5.32 Å². The molecule has 1 heterocycles. The Labute approximate surface area is 119 Å². The van der Waals surface area contributed by atoms with Gasteiger partial charge in [0.1, 0.15) is 0 Å². The summed E-state index contributed by atoms with van der Waals surface area (Å²) >= 11 is 0. The average molecular weight is 264 g/mol. The summed E-state index contributed by atoms with van der Waals surface area (Å²) in [5.74, 6) is 0.887. The molecule has 0 aromatic carbocycles. The van der Waals surface area contributed by atoms with Gasteiger partial charge in [-0.2, -0.15) is 0 Å². The predicted octanol–water partition coefficient (Wildman–Crippen LogP) is 3.44. The maximum atomic E-state index is 3.77. The van der Waals surface area contributed by atoms with Crippen LogP contribution in [-0.2, 0) is 0 Å². The fourth-order valence-electron chi connectivity index (χ4n) is 3.42. The minimum atomic E-state index is 0.365. The van der Waals surface area contributed by atoms with Crippen molar-refractivity contribution in [2.45, 2.75) is 65.5 Å². The molecule has 19 heavy (non-hydrogen) atoms. The quantitative estimate of drug-likeness (QED) is 0.786. The lowest BCUT2D eigenvalue weighted by Gasteiger charge is -2.46. The molecule has 2 aliphatic rings. The monoisotopic (exact) mass is 264 g/mol. The van der Waals surface area contributed by atoms with Gasteiger partial charge in [0.15, 0.2) is 0 Å². The van der Waals surface area contributed by atoms with Crippen molar-refractivity contribution in [2.75, 3.05) is 19.6 Å². The third-order valence-electron chi connectivity index (χ3n) is 4.92. The molecule has 0 aromatic rings. The summed E-state index contributed by atoms with van der Waals surface area (Å²) in [7, 11) is 0. The first-order valence-electron chi connectivity index (χ1n) is 8.13. The van der Waals surface area contributed by atoms with E-state index in [-0.39, 0.29) is 0 Å². The first-order chi connectivity index (χ1) is 9.00. The van der Waals surface area contributed by atoms with Crippen LogP contribution in [0.25, 0.3) is 0 Å². The third-order valence-corrected chi connectivity index (χ3v) is 4.92. The highest BCUT2D eigenvalue weighted by atomic mass is 15.2. The summed E-state index contributed by atoms with van der Waals surface area (Å²) in [5, 5.41) is 3.77. The van der Waals surface area contributed by atoms with Crippen LogP contribution in [0.1, 0.15) is 53.4 Å². The lowest BCUT2D eigenvalue weighted by Crippen LogP contribution is -2.60. The average Bonchev–Trinajstić information content (AvgIpc) is 2.39. The fourth-order valence-corrected chi connectivity index (χ4v) is 3.42. The second-order valence-corrected chi connectivity index (χ2v) is 7.49. The molecule has 0 spiro atoms. The van der Waals surface area contributed by atoms with Gasteiger partial charge in [-0.05, 0) is 37.0 Å². The normalized spacial score (nSPS) is 33.6. The van der Waals surface area contributed by atoms with Crippen LogP contribution in [0.15, 0.2) is 12.2 Å². The zero-order valence-corrected chi connectivity index (χ0v) is 13.3. The molecule has 110 valence electrons. The fraction of sp³-hybridized carbons (Fsp3) is 0.882. The summed E-state index contributed by atoms with van der Waals surface area (Å²) in [6.07, 6.45) is 9.97. The van der Waals surface area contributed by atoms with Crippen molar-refractivity contribution < 1.29 is 0 Å². The van der Waals surface area contributed by atoms with Crippen LogP contribution in [0.2, 0.25) is 0 Å². The topological polar surface area (TPSA) is 15.3 Å². The highest BCUT2D eigenvalue weighted by Crippen LogP contribution is 2.27. The Morgan fingerprint density at radius 2 is 2.05 bits per heavy atom. The molecule has 0 bridgehead atoms. The van der Waals surface area contributed by atoms with Crippen LogP contribution in [0.3, 0.4) is 0 Å². The van der Waals surface area contributed by atoms with Crippen molar-refractivity contribution in [3.8, 4) is 0 Å². The molecule has 1 N–H and O–H groups in total. The molecule has 2 nitrogen and oxygen atoms in total. The van der Waals surface area contributed by atoms with E-state index in [4.69, 9.17) is 0 Å². The van der Waals surface area contributed by atoms with Gasteiger partial charge in [-0.15, -0.1) is 0 Å². The summed E-state index contributed by atoms with van der Waals surface area (Å²) in [5.41, 5.74) is 0.365. The number of nitrogens with zero attached hydrogens (tertiary/aromatic N) is 1. The largest absolute Gasteiger partial charge is 0.311 e. The van der Waals surface area contributed by atoms with Crippen molar-refractivity contribution in [1.82, 2.24) is 10.2 Å². The SMILES string of the molecule is CCC1CNC(C(C)(C)C)CN1CC1CC=CCC1. The second kappa shape index (κ2) is 6.41. The van der Waals surface area contributed by atoms with E-state index in [9.17, 15) is 0 Å². The molecule has 0 aromatic heterocycles. The Hall–Kier alpha value is -0.340. The Morgan fingerprint density at radius 3 is 2.63 bits per heavy atom. The van der Waals surface area contributed by atoms with E-state index < -0.39 is 0 Å². The molecule has 2 rings (SSSR count). The van der Waals surface area contributed by atoms with E-state index in [1.54, 1.807) is 0 Å². The number of rotatable bonds is 3. The molecule has 0 radical (unpaired) electrons. The molecule has 0 amide bonds. The molecular formula is C17H32N2. The molecule has 2 heteroatoms. The smallest absolute Gasteiger partial charge is 0.0244 e. The van der Waals surface area contributed by atoms with E-state index >= 15 is 0 Å². The Morgan fingerprint density at radius 1 is 1.26 bits per heavy atom. The molecule has 0 saturated carbocycles. The van der Waals surface area contributed by atoms with Crippen molar-refractivity contribution in [1.29, 1.82) is 0 Å². The first-order valence-corrected chi connectivity index (χ1v) is 8.13. The van der Waals surface area contributed by atoms with Crippen LogP contribution in [-0.4, -0.2) is 36.6 Å². The molecular weight excluding hydrogens is 232 g/mol. The van der Waals surface area contributed by atoms with Gasteiger partial charge in [0.05, 0.1) is 0 Å². The van der Waals surface area contributed by atoms with Gasteiger partial charge >= 0.3 is 0 Å². The van der Waals surface area contributed by atoms with Gasteiger partial charge in [0.2, 0.25) is 0 Å². The number of nitrogens with one attached hydrogen (secondary N) is 1. The summed E-state index contributed by atoms with van der Waals surface area (Å²) in [4.78, 5) is 2.77. The molecule has 3 unspecified atom stereocenters. The Kier molecular flexibility index (Phi) is 5.08. The molecule has 1 aliphatic carbocycles. The van der Waals surface area contributed by atoms with Gasteiger partial charge in [0, 0.05) is 31.7 Å². The standard InChI is InChI=1S/C17H32N2/c1-5-15-11-18-16(17(2,3)4)13-19(15)12-14-9-7-6-8-10-14/h6-7,14-16,18H,5,8-13H2,1-4H3. The molecule has 3 atom stereocenters. The van der Waals surface area contributed by atoms with Crippen molar-refractivity contribution in [3.05, 3.63) is 12.2 Å². The van der Waals surface area contributed by atoms with E-state index in [2.05, 4.69) is 50.1 Å². The lowest BCUT2D eigenvalue weighted by molar-refractivity contribution is 0.0685. The van der Waals surface area contributed by atoms with Crippen LogP contribution in [0.5, 0.6) is 0 Å². The third kappa shape index (κ3) is 4.06. The van der Waals surface area contributed by atoms with Crippen LogP contribution in [0, 0.1) is 11.3 Å². The molecule has 1 saturated heterocycles. The minimum absolute atomic E-state index is 0.365. The Balaban J connectivity index is 1.95. The van der Waals surface area contributed by atoms with Crippen molar-refractivity contribution in [3.63, 3.8) is 0 Å². The maximum Gasteiger partial charge on any atom is 0.0244 e. The number of hydrogen-bond acceptors (Lipinski definition) is 2. The molecule has 1 fully saturated rings. The van der Waals surface area contributed by atoms with E-state index in [0.29, 0.717) is 11.5 Å². The minimum Gasteiger partial charge on any atom is -0.311 e. The number of piperazine rings is 1. The molecule has 1 aliphatic heterocycles. The van der Waals surface area contributed by atoms with Gasteiger partial charge in [-0.3, -0.25) is 4.90 Å². The Bertz CT molecular complexity index is 303. The first kappa shape index (κ1) is 15.1. The highest BCUT2D eigenvalue weighted by Gasteiger charge is 2.34. The predicted molar refractivity (Wildman–Crippen MR) is 83.4 cm³/mol. The van der Waals surface area contributed by atoms with Gasteiger partial charge in [0.25, 0.3) is 0 Å². The highest BCUT2D eigenvalue weighted by molar-refractivity contribution is 4.95. The summed E-state index contributed by atoms with van der Waals surface area (Å²) < 4.78 is 0. The van der Waals surface area contributed by atoms with Crippen LogP contribution in [0.4, 0.5) is 0 Å². The van der Waals surface area contributed by atoms with Crippen LogP contribution >= 0.6 is 0 Å². The van der Waals surface area contributed by atoms with E-state index in [1.807, 2.05) is 0 Å². The lowest BCUT2D eigenvalue weighted by atomic mass is 9.84. The van der Waals surface area contributed by atoms with Gasteiger partial charge in [-0.25, -0.2) is 0 Å². The summed E-state index contributed by atoms with van der Waals surface area (Å²) in [6.45, 7) is 13.1. The van der Waals surface area contributed by atoms with E-state index in [0.717, 1.165) is 12.0 Å². The van der Waals surface area contributed by atoms with Crippen molar-refractivity contribution >= 4 is 0 Å². The zero-order valence-electron chi connectivity index (χ0n) is 13.3. The summed E-state index contributed by atoms with van der Waals surface area (Å²) in [6, 6.07) is 1.37. The van der Waals surface area contributed by atoms with E-state index in [1.165, 1.54) is 45.3 Å². The maximum absolute atomic E-state index is 3.77. The number of allylic oxidation sites excluding steroid dienone is 2. The zero-order chi connectivity index (χ0) is 13.9. The van der Waals surface area contributed by atoms with Gasteiger partial charge < -0.3 is 5.32 Å². The second-order valence-electron chi connectivity index (χ2n) is 7.49. The van der Waals surface area contributed by atoms with Crippen molar-refractivity contribution in [2.24, 2.45) is 11.3 Å².